The number of anilines is 1. The molecule has 0 aliphatic carbocycles. The van der Waals surface area contributed by atoms with Crippen LogP contribution in [-0.4, -0.2) is 47.2 Å². The molecule has 1 fully saturated rings. The van der Waals surface area contributed by atoms with Crippen LogP contribution < -0.4 is 5.32 Å². The van der Waals surface area contributed by atoms with Crippen LogP contribution in [0.5, 0.6) is 0 Å². The number of aryl methyl sites for hydroxylation is 1. The zero-order valence-electron chi connectivity index (χ0n) is 11.9. The minimum absolute atomic E-state index is 0.0659. The van der Waals surface area contributed by atoms with Crippen molar-refractivity contribution >= 4 is 17.6 Å². The van der Waals surface area contributed by atoms with E-state index in [1.54, 1.807) is 17.9 Å². The molecule has 2 atom stereocenters. The van der Waals surface area contributed by atoms with E-state index in [-0.39, 0.29) is 18.0 Å². The lowest BCUT2D eigenvalue weighted by Crippen LogP contribution is -2.54. The first-order valence-corrected chi connectivity index (χ1v) is 6.68. The van der Waals surface area contributed by atoms with Crippen LogP contribution in [0.4, 0.5) is 5.82 Å². The van der Waals surface area contributed by atoms with E-state index < -0.39 is 11.8 Å². The number of aromatic nitrogens is 1. The largest absolute Gasteiger partial charge is 0.375 e. The first kappa shape index (κ1) is 14.5. The second-order valence-electron chi connectivity index (χ2n) is 4.94. The molecule has 2 heterocycles. The fourth-order valence-electron chi connectivity index (χ4n) is 2.16. The molecule has 0 saturated carbocycles. The van der Waals surface area contributed by atoms with E-state index in [4.69, 9.17) is 9.26 Å². The summed E-state index contributed by atoms with van der Waals surface area (Å²) in [5, 5.41) is 6.08. The second-order valence-corrected chi connectivity index (χ2v) is 4.94. The minimum atomic E-state index is -0.703. The first-order chi connectivity index (χ1) is 9.51. The summed E-state index contributed by atoms with van der Waals surface area (Å²) < 4.78 is 10.4. The van der Waals surface area contributed by atoms with Gasteiger partial charge in [0.15, 0.2) is 5.82 Å². The Morgan fingerprint density at radius 3 is 2.90 bits per heavy atom. The summed E-state index contributed by atoms with van der Waals surface area (Å²) >= 11 is 0. The zero-order chi connectivity index (χ0) is 14.7. The van der Waals surface area contributed by atoms with Gasteiger partial charge in [0.2, 0.25) is 0 Å². The smallest absolute Gasteiger partial charge is 0.315 e. The molecule has 1 saturated heterocycles. The van der Waals surface area contributed by atoms with E-state index in [1.165, 1.54) is 0 Å². The van der Waals surface area contributed by atoms with Gasteiger partial charge in [0, 0.05) is 12.6 Å². The van der Waals surface area contributed by atoms with Crippen LogP contribution in [0.15, 0.2) is 10.6 Å². The third-order valence-corrected chi connectivity index (χ3v) is 3.26. The van der Waals surface area contributed by atoms with Gasteiger partial charge in [-0.15, -0.1) is 0 Å². The molecule has 0 aromatic carbocycles. The molecule has 1 aliphatic heterocycles. The van der Waals surface area contributed by atoms with E-state index in [0.717, 1.165) is 6.42 Å². The van der Waals surface area contributed by atoms with Crippen LogP contribution in [0, 0.1) is 6.92 Å². The van der Waals surface area contributed by atoms with Gasteiger partial charge in [0.05, 0.1) is 18.8 Å². The normalized spacial score (nSPS) is 22.6. The quantitative estimate of drug-likeness (QED) is 0.816. The molecular formula is C13H19N3O4. The summed E-state index contributed by atoms with van der Waals surface area (Å²) in [5.41, 5.74) is 0. The molecule has 0 spiro atoms. The predicted octanol–water partition coefficient (Wildman–Crippen LogP) is 0.947. The Kier molecular flexibility index (Phi) is 4.39. The van der Waals surface area contributed by atoms with Gasteiger partial charge < -0.3 is 14.2 Å². The van der Waals surface area contributed by atoms with E-state index in [0.29, 0.717) is 18.9 Å². The lowest BCUT2D eigenvalue weighted by Gasteiger charge is -2.37. The maximum Gasteiger partial charge on any atom is 0.315 e. The summed E-state index contributed by atoms with van der Waals surface area (Å²) in [4.78, 5) is 25.8. The van der Waals surface area contributed by atoms with Crippen LogP contribution in [0.2, 0.25) is 0 Å². The van der Waals surface area contributed by atoms with Crippen LogP contribution in [0.3, 0.4) is 0 Å². The van der Waals surface area contributed by atoms with Crippen LogP contribution in [0.25, 0.3) is 0 Å². The van der Waals surface area contributed by atoms with Crippen molar-refractivity contribution in [3.63, 3.8) is 0 Å². The number of amides is 2. The Hall–Kier alpha value is -1.89. The number of morpholine rings is 1. The van der Waals surface area contributed by atoms with Gasteiger partial charge in [-0.05, 0) is 20.3 Å². The Labute approximate surface area is 117 Å². The molecule has 110 valence electrons. The number of carbonyl (C=O) groups is 2. The molecular weight excluding hydrogens is 262 g/mol. The SMILES string of the molecule is CC[C@@H]1CO[C@H](C)CN1C(=O)C(=O)Nc1cc(C)on1. The standard InChI is InChI=1S/C13H19N3O4/c1-4-10-7-19-9(3)6-16(10)13(18)12(17)14-11-5-8(2)20-15-11/h5,9-10H,4,6-7H2,1-3H3,(H,14,15,17)/t9-,10-/m1/s1. The molecule has 0 unspecified atom stereocenters. The summed E-state index contributed by atoms with van der Waals surface area (Å²) in [6.45, 7) is 6.43. The van der Waals surface area contributed by atoms with Crippen molar-refractivity contribution < 1.29 is 18.8 Å². The highest BCUT2D eigenvalue weighted by atomic mass is 16.5. The van der Waals surface area contributed by atoms with Crippen molar-refractivity contribution in [1.29, 1.82) is 0 Å². The summed E-state index contributed by atoms with van der Waals surface area (Å²) in [7, 11) is 0. The third kappa shape index (κ3) is 3.16. The van der Waals surface area contributed by atoms with E-state index >= 15 is 0 Å². The highest BCUT2D eigenvalue weighted by Crippen LogP contribution is 2.15. The van der Waals surface area contributed by atoms with Gasteiger partial charge in [-0.25, -0.2) is 0 Å². The zero-order valence-corrected chi connectivity index (χ0v) is 11.9. The van der Waals surface area contributed by atoms with Crippen LogP contribution in [-0.2, 0) is 14.3 Å². The number of nitrogens with zero attached hydrogens (tertiary/aromatic N) is 2. The van der Waals surface area contributed by atoms with Gasteiger partial charge in [0.1, 0.15) is 5.76 Å². The number of nitrogens with one attached hydrogen (secondary N) is 1. The Morgan fingerprint density at radius 2 is 2.30 bits per heavy atom. The Balaban J connectivity index is 2.02. The molecule has 7 heteroatoms. The van der Waals surface area contributed by atoms with Gasteiger partial charge >= 0.3 is 11.8 Å². The highest BCUT2D eigenvalue weighted by molar-refractivity contribution is 6.39. The van der Waals surface area contributed by atoms with Crippen molar-refractivity contribution in [2.24, 2.45) is 0 Å². The van der Waals surface area contributed by atoms with Crippen molar-refractivity contribution in [2.75, 3.05) is 18.5 Å². The fraction of sp³-hybridized carbons (Fsp3) is 0.615. The maximum absolute atomic E-state index is 12.2. The molecule has 1 aromatic rings. The van der Waals surface area contributed by atoms with Crippen LogP contribution in [0.1, 0.15) is 26.0 Å². The number of rotatable bonds is 2. The molecule has 0 radical (unpaired) electrons. The highest BCUT2D eigenvalue weighted by Gasteiger charge is 2.33. The average Bonchev–Trinajstić information content (AvgIpc) is 2.83. The number of ether oxygens (including phenoxy) is 1. The number of hydrogen-bond donors (Lipinski definition) is 1. The number of carbonyl (C=O) groups excluding carboxylic acids is 2. The molecule has 2 rings (SSSR count). The molecule has 7 nitrogen and oxygen atoms in total. The molecule has 1 aliphatic rings. The predicted molar refractivity (Wildman–Crippen MR) is 71.1 cm³/mol. The summed E-state index contributed by atoms with van der Waals surface area (Å²) in [5.74, 6) is -0.451. The average molecular weight is 281 g/mol. The van der Waals surface area contributed by atoms with E-state index in [1.807, 2.05) is 13.8 Å². The lowest BCUT2D eigenvalue weighted by atomic mass is 10.1. The maximum atomic E-state index is 12.2. The van der Waals surface area contributed by atoms with Gasteiger partial charge in [-0.2, -0.15) is 0 Å². The minimum Gasteiger partial charge on any atom is -0.375 e. The second kappa shape index (κ2) is 6.04. The molecule has 20 heavy (non-hydrogen) atoms. The molecule has 1 N–H and O–H groups in total. The third-order valence-electron chi connectivity index (χ3n) is 3.26. The molecule has 1 aromatic heterocycles. The summed E-state index contributed by atoms with van der Waals surface area (Å²) in [6.07, 6.45) is 0.679. The van der Waals surface area contributed by atoms with E-state index in [9.17, 15) is 9.59 Å². The lowest BCUT2D eigenvalue weighted by molar-refractivity contribution is -0.152. The van der Waals surface area contributed by atoms with Gasteiger partial charge in [-0.3, -0.25) is 14.9 Å². The molecule has 2 amide bonds. The van der Waals surface area contributed by atoms with Crippen molar-refractivity contribution in [3.8, 4) is 0 Å². The first-order valence-electron chi connectivity index (χ1n) is 6.68. The van der Waals surface area contributed by atoms with Gasteiger partial charge in [0.25, 0.3) is 0 Å². The monoisotopic (exact) mass is 281 g/mol. The number of hydrogen-bond acceptors (Lipinski definition) is 5. The fourth-order valence-corrected chi connectivity index (χ4v) is 2.16. The van der Waals surface area contributed by atoms with Crippen molar-refractivity contribution in [1.82, 2.24) is 10.1 Å². The molecule has 0 bridgehead atoms. The van der Waals surface area contributed by atoms with Crippen molar-refractivity contribution in [2.45, 2.75) is 39.3 Å². The van der Waals surface area contributed by atoms with Crippen LogP contribution >= 0.6 is 0 Å². The summed E-state index contributed by atoms with van der Waals surface area (Å²) in [6, 6.07) is 1.49. The van der Waals surface area contributed by atoms with Gasteiger partial charge in [-0.1, -0.05) is 12.1 Å². The Morgan fingerprint density at radius 1 is 1.55 bits per heavy atom. The Bertz CT molecular complexity index is 500. The topological polar surface area (TPSA) is 84.7 Å². The van der Waals surface area contributed by atoms with E-state index in [2.05, 4.69) is 10.5 Å². The van der Waals surface area contributed by atoms with Crippen molar-refractivity contribution in [3.05, 3.63) is 11.8 Å².